The van der Waals surface area contributed by atoms with Gasteiger partial charge in [0.05, 0.1) is 12.2 Å². The van der Waals surface area contributed by atoms with Crippen LogP contribution in [0.5, 0.6) is 0 Å². The molecule has 0 atom stereocenters. The summed E-state index contributed by atoms with van der Waals surface area (Å²) >= 11 is 9.13. The summed E-state index contributed by atoms with van der Waals surface area (Å²) in [6.07, 6.45) is 0. The van der Waals surface area contributed by atoms with Crippen LogP contribution in [0.2, 0.25) is 5.02 Å². The summed E-state index contributed by atoms with van der Waals surface area (Å²) < 4.78 is 5.95. The molecule has 1 aromatic carbocycles. The Morgan fingerprint density at radius 1 is 1.39 bits per heavy atom. The molecule has 4 nitrogen and oxygen atoms in total. The Balaban J connectivity index is 2.16. The lowest BCUT2D eigenvalue weighted by atomic mass is 10.3. The van der Waals surface area contributed by atoms with E-state index in [1.807, 2.05) is 0 Å². The van der Waals surface area contributed by atoms with Gasteiger partial charge < -0.3 is 15.5 Å². The van der Waals surface area contributed by atoms with E-state index in [0.717, 1.165) is 0 Å². The summed E-state index contributed by atoms with van der Waals surface area (Å²) in [6, 6.07) is 8.35. The average Bonchev–Trinajstić information content (AvgIpc) is 2.81. The minimum Gasteiger partial charge on any atom is -0.455 e. The first-order valence-electron chi connectivity index (χ1n) is 5.15. The predicted molar refractivity (Wildman–Crippen MR) is 73.7 cm³/mol. The molecule has 18 heavy (non-hydrogen) atoms. The van der Waals surface area contributed by atoms with Gasteiger partial charge in [0, 0.05) is 9.50 Å². The predicted octanol–water partition coefficient (Wildman–Crippen LogP) is 3.41. The van der Waals surface area contributed by atoms with E-state index in [9.17, 15) is 4.79 Å². The number of anilines is 1. The van der Waals surface area contributed by atoms with Crippen LogP contribution in [0.3, 0.4) is 0 Å². The first kappa shape index (κ1) is 13.1. The van der Waals surface area contributed by atoms with E-state index in [4.69, 9.17) is 21.8 Å². The number of benzene rings is 1. The molecule has 94 valence electrons. The molecule has 0 aliphatic heterocycles. The first-order valence-corrected chi connectivity index (χ1v) is 6.32. The standard InChI is InChI=1S/C12H10BrClN2O2/c13-9-5-7(14)1-3-10(9)16-12(17)11-4-2-8(6-15)18-11/h1-5H,6,15H2,(H,16,17). The average molecular weight is 330 g/mol. The lowest BCUT2D eigenvalue weighted by Gasteiger charge is -2.05. The molecule has 1 heterocycles. The largest absolute Gasteiger partial charge is 0.455 e. The van der Waals surface area contributed by atoms with Gasteiger partial charge in [0.1, 0.15) is 5.76 Å². The zero-order valence-corrected chi connectivity index (χ0v) is 11.6. The Kier molecular flexibility index (Phi) is 4.06. The fraction of sp³-hybridized carbons (Fsp3) is 0.0833. The van der Waals surface area contributed by atoms with Gasteiger partial charge in [-0.15, -0.1) is 0 Å². The van der Waals surface area contributed by atoms with Crippen molar-refractivity contribution in [2.75, 3.05) is 5.32 Å². The minimum atomic E-state index is -0.335. The fourth-order valence-electron chi connectivity index (χ4n) is 1.38. The molecule has 2 rings (SSSR count). The molecule has 0 bridgehead atoms. The number of amides is 1. The van der Waals surface area contributed by atoms with E-state index in [1.165, 1.54) is 0 Å². The molecule has 1 aromatic heterocycles. The number of furan rings is 1. The lowest BCUT2D eigenvalue weighted by molar-refractivity contribution is 0.0995. The van der Waals surface area contributed by atoms with E-state index >= 15 is 0 Å². The van der Waals surface area contributed by atoms with Crippen molar-refractivity contribution in [2.24, 2.45) is 5.73 Å². The van der Waals surface area contributed by atoms with Crippen molar-refractivity contribution in [3.05, 3.63) is 51.3 Å². The molecule has 1 amide bonds. The van der Waals surface area contributed by atoms with Crippen LogP contribution >= 0.6 is 27.5 Å². The Hall–Kier alpha value is -1.30. The number of hydrogen-bond acceptors (Lipinski definition) is 3. The number of nitrogens with two attached hydrogens (primary N) is 1. The van der Waals surface area contributed by atoms with Crippen LogP contribution in [-0.4, -0.2) is 5.91 Å². The van der Waals surface area contributed by atoms with E-state index in [2.05, 4.69) is 21.2 Å². The third kappa shape index (κ3) is 2.93. The van der Waals surface area contributed by atoms with Crippen LogP contribution in [0.1, 0.15) is 16.3 Å². The molecule has 0 unspecified atom stereocenters. The number of carbonyl (C=O) groups is 1. The van der Waals surface area contributed by atoms with Gasteiger partial charge in [-0.2, -0.15) is 0 Å². The highest BCUT2D eigenvalue weighted by molar-refractivity contribution is 9.10. The summed E-state index contributed by atoms with van der Waals surface area (Å²) in [7, 11) is 0. The maximum absolute atomic E-state index is 11.9. The molecule has 0 saturated carbocycles. The highest BCUT2D eigenvalue weighted by atomic mass is 79.9. The van der Waals surface area contributed by atoms with Crippen LogP contribution in [0, 0.1) is 0 Å². The molecule has 0 aliphatic rings. The molecule has 2 aromatic rings. The molecule has 0 saturated heterocycles. The van der Waals surface area contributed by atoms with Crippen LogP contribution in [0.4, 0.5) is 5.69 Å². The fourth-order valence-corrected chi connectivity index (χ4v) is 2.17. The van der Waals surface area contributed by atoms with Gasteiger partial charge in [-0.3, -0.25) is 4.79 Å². The maximum atomic E-state index is 11.9. The molecule has 0 radical (unpaired) electrons. The lowest BCUT2D eigenvalue weighted by Crippen LogP contribution is -2.11. The minimum absolute atomic E-state index is 0.220. The molecule has 0 aliphatic carbocycles. The summed E-state index contributed by atoms with van der Waals surface area (Å²) in [5.41, 5.74) is 6.03. The number of rotatable bonds is 3. The van der Waals surface area contributed by atoms with Crippen molar-refractivity contribution in [1.82, 2.24) is 0 Å². The second-order valence-corrected chi connectivity index (χ2v) is 4.84. The van der Waals surface area contributed by atoms with E-state index in [0.29, 0.717) is 20.9 Å². The van der Waals surface area contributed by atoms with Crippen LogP contribution in [0.15, 0.2) is 39.2 Å². The second kappa shape index (κ2) is 5.56. The third-order valence-electron chi connectivity index (χ3n) is 2.27. The van der Waals surface area contributed by atoms with Crippen molar-refractivity contribution < 1.29 is 9.21 Å². The quantitative estimate of drug-likeness (QED) is 0.906. The van der Waals surface area contributed by atoms with Crippen LogP contribution in [0.25, 0.3) is 0 Å². The normalized spacial score (nSPS) is 10.4. The number of hydrogen-bond donors (Lipinski definition) is 2. The van der Waals surface area contributed by atoms with Crippen LogP contribution < -0.4 is 11.1 Å². The van der Waals surface area contributed by atoms with Crippen molar-refractivity contribution in [3.8, 4) is 0 Å². The van der Waals surface area contributed by atoms with E-state index in [1.54, 1.807) is 30.3 Å². The van der Waals surface area contributed by atoms with Crippen molar-refractivity contribution in [1.29, 1.82) is 0 Å². The molecule has 0 fully saturated rings. The van der Waals surface area contributed by atoms with Gasteiger partial charge in [-0.05, 0) is 46.3 Å². The highest BCUT2D eigenvalue weighted by Gasteiger charge is 2.12. The van der Waals surface area contributed by atoms with Crippen molar-refractivity contribution in [3.63, 3.8) is 0 Å². The first-order chi connectivity index (χ1) is 8.60. The zero-order valence-electron chi connectivity index (χ0n) is 9.24. The van der Waals surface area contributed by atoms with Gasteiger partial charge in [0.25, 0.3) is 5.91 Å². The Labute approximate surface area is 117 Å². The number of nitrogens with one attached hydrogen (secondary N) is 1. The third-order valence-corrected chi connectivity index (χ3v) is 3.16. The summed E-state index contributed by atoms with van der Waals surface area (Å²) in [4.78, 5) is 11.9. The van der Waals surface area contributed by atoms with Gasteiger partial charge in [0.15, 0.2) is 5.76 Å². The zero-order chi connectivity index (χ0) is 13.1. The monoisotopic (exact) mass is 328 g/mol. The van der Waals surface area contributed by atoms with Gasteiger partial charge >= 0.3 is 0 Å². The smallest absolute Gasteiger partial charge is 0.291 e. The summed E-state index contributed by atoms with van der Waals surface area (Å²) in [5.74, 6) is 0.449. The second-order valence-electron chi connectivity index (χ2n) is 3.55. The molecule has 3 N–H and O–H groups in total. The molecular weight excluding hydrogens is 320 g/mol. The topological polar surface area (TPSA) is 68.3 Å². The summed E-state index contributed by atoms with van der Waals surface area (Å²) in [6.45, 7) is 0.262. The van der Waals surface area contributed by atoms with Gasteiger partial charge in [0.2, 0.25) is 0 Å². The summed E-state index contributed by atoms with van der Waals surface area (Å²) in [5, 5.41) is 3.30. The highest BCUT2D eigenvalue weighted by Crippen LogP contribution is 2.26. The van der Waals surface area contributed by atoms with Crippen molar-refractivity contribution in [2.45, 2.75) is 6.54 Å². The van der Waals surface area contributed by atoms with Gasteiger partial charge in [-0.25, -0.2) is 0 Å². The molecule has 0 spiro atoms. The van der Waals surface area contributed by atoms with Crippen molar-refractivity contribution >= 4 is 39.1 Å². The Morgan fingerprint density at radius 2 is 2.17 bits per heavy atom. The molecular formula is C12H10BrClN2O2. The van der Waals surface area contributed by atoms with Crippen LogP contribution in [-0.2, 0) is 6.54 Å². The Morgan fingerprint density at radius 3 is 2.78 bits per heavy atom. The van der Waals surface area contributed by atoms with E-state index < -0.39 is 0 Å². The van der Waals surface area contributed by atoms with E-state index in [-0.39, 0.29) is 18.2 Å². The number of halogens is 2. The number of carbonyl (C=O) groups excluding carboxylic acids is 1. The Bertz CT molecular complexity index is 583. The maximum Gasteiger partial charge on any atom is 0.291 e. The SMILES string of the molecule is NCc1ccc(C(=O)Nc2ccc(Cl)cc2Br)o1. The van der Waals surface area contributed by atoms with Gasteiger partial charge in [-0.1, -0.05) is 11.6 Å². The molecule has 6 heteroatoms.